The van der Waals surface area contributed by atoms with E-state index in [0.717, 1.165) is 32.6 Å². The molecule has 0 radical (unpaired) electrons. The van der Waals surface area contributed by atoms with Crippen molar-refractivity contribution in [2.75, 3.05) is 52.9 Å². The summed E-state index contributed by atoms with van der Waals surface area (Å²) in [4.78, 5) is 31.9. The Morgan fingerprint density at radius 1 is 1.07 bits per heavy atom. The van der Waals surface area contributed by atoms with E-state index in [2.05, 4.69) is 15.1 Å². The second-order valence-corrected chi connectivity index (χ2v) is 9.08. The van der Waals surface area contributed by atoms with Crippen molar-refractivity contribution in [3.8, 4) is 0 Å². The molecule has 0 aromatic carbocycles. The largest absolute Gasteiger partial charge is 0.353 e. The lowest BCUT2D eigenvalue weighted by Crippen LogP contribution is -2.57. The molecule has 1 saturated carbocycles. The van der Waals surface area contributed by atoms with E-state index < -0.39 is 0 Å². The number of hydrogen-bond acceptors (Lipinski definition) is 4. The molecule has 1 unspecified atom stereocenters. The van der Waals surface area contributed by atoms with Gasteiger partial charge in [-0.2, -0.15) is 0 Å². The molecular formula is C22H40N4O2. The number of piperidine rings is 1. The van der Waals surface area contributed by atoms with E-state index in [0.29, 0.717) is 18.9 Å². The third-order valence-electron chi connectivity index (χ3n) is 6.87. The Hall–Kier alpha value is -1.14. The fourth-order valence-corrected chi connectivity index (χ4v) is 5.06. The lowest BCUT2D eigenvalue weighted by molar-refractivity contribution is -0.138. The molecular weight excluding hydrogens is 352 g/mol. The second-order valence-electron chi connectivity index (χ2n) is 9.08. The fourth-order valence-electron chi connectivity index (χ4n) is 5.06. The zero-order chi connectivity index (χ0) is 19.8. The number of hydrogen-bond donors (Lipinski definition) is 1. The molecule has 0 aromatic heterocycles. The number of likely N-dealkylation sites (tertiary alicyclic amines) is 1. The summed E-state index contributed by atoms with van der Waals surface area (Å²) in [6.07, 6.45) is 11.8. The van der Waals surface area contributed by atoms with Crippen LogP contribution in [0.4, 0.5) is 0 Å². The summed E-state index contributed by atoms with van der Waals surface area (Å²) in [5.74, 6) is 0.839. The van der Waals surface area contributed by atoms with Crippen molar-refractivity contribution in [2.45, 2.75) is 70.3 Å². The molecule has 1 aliphatic carbocycles. The van der Waals surface area contributed by atoms with Crippen LogP contribution in [0.2, 0.25) is 0 Å². The summed E-state index contributed by atoms with van der Waals surface area (Å²) in [5, 5.41) is 2.97. The zero-order valence-corrected chi connectivity index (χ0v) is 17.8. The first-order valence-electron chi connectivity index (χ1n) is 11.6. The van der Waals surface area contributed by atoms with Gasteiger partial charge in [0.1, 0.15) is 0 Å². The minimum atomic E-state index is -0.285. The standard InChI is InChI=1S/C22H40N4O2/c1-24(12-8-15-25-13-6-3-7-14-25)21(27)17-20-22(28)23-11-16-26(20)18-19-9-4-2-5-10-19/h19-20H,2-18H2,1H3,(H,23,28). The van der Waals surface area contributed by atoms with Gasteiger partial charge in [0.05, 0.1) is 12.5 Å². The van der Waals surface area contributed by atoms with Gasteiger partial charge in [0.15, 0.2) is 0 Å². The highest BCUT2D eigenvalue weighted by atomic mass is 16.2. The van der Waals surface area contributed by atoms with Gasteiger partial charge in [0, 0.05) is 33.2 Å². The van der Waals surface area contributed by atoms with E-state index in [1.807, 2.05) is 11.9 Å². The molecule has 2 amide bonds. The Morgan fingerprint density at radius 3 is 2.54 bits per heavy atom. The van der Waals surface area contributed by atoms with Crippen LogP contribution in [-0.4, -0.2) is 85.4 Å². The third kappa shape index (κ3) is 6.45. The van der Waals surface area contributed by atoms with Gasteiger partial charge in [-0.25, -0.2) is 0 Å². The molecule has 0 aromatic rings. The molecule has 0 bridgehead atoms. The molecule has 3 rings (SSSR count). The normalized spacial score (nSPS) is 25.5. The Bertz CT molecular complexity index is 501. The van der Waals surface area contributed by atoms with Crippen LogP contribution in [0.25, 0.3) is 0 Å². The quantitative estimate of drug-likeness (QED) is 0.687. The van der Waals surface area contributed by atoms with Gasteiger partial charge in [0.25, 0.3) is 0 Å². The van der Waals surface area contributed by atoms with Crippen molar-refractivity contribution in [1.82, 2.24) is 20.0 Å². The Labute approximate surface area is 171 Å². The summed E-state index contributed by atoms with van der Waals surface area (Å²) in [6.45, 7) is 6.83. The van der Waals surface area contributed by atoms with E-state index in [1.165, 1.54) is 64.5 Å². The molecule has 3 fully saturated rings. The number of nitrogens with one attached hydrogen (secondary N) is 1. The van der Waals surface area contributed by atoms with Crippen molar-refractivity contribution >= 4 is 11.8 Å². The first kappa shape index (κ1) is 21.6. The highest BCUT2D eigenvalue weighted by molar-refractivity contribution is 5.88. The molecule has 2 aliphatic heterocycles. The first-order chi connectivity index (χ1) is 13.6. The summed E-state index contributed by atoms with van der Waals surface area (Å²) in [5.41, 5.74) is 0. The van der Waals surface area contributed by atoms with E-state index >= 15 is 0 Å². The average molecular weight is 393 g/mol. The van der Waals surface area contributed by atoms with Gasteiger partial charge < -0.3 is 15.1 Å². The average Bonchev–Trinajstić information content (AvgIpc) is 2.72. The molecule has 3 aliphatic rings. The number of piperazine rings is 1. The van der Waals surface area contributed by atoms with E-state index in [4.69, 9.17) is 0 Å². The number of rotatable bonds is 8. The van der Waals surface area contributed by atoms with Crippen molar-refractivity contribution in [1.29, 1.82) is 0 Å². The highest BCUT2D eigenvalue weighted by Crippen LogP contribution is 2.26. The van der Waals surface area contributed by atoms with Gasteiger partial charge in [-0.15, -0.1) is 0 Å². The fraction of sp³-hybridized carbons (Fsp3) is 0.909. The van der Waals surface area contributed by atoms with Crippen molar-refractivity contribution < 1.29 is 9.59 Å². The van der Waals surface area contributed by atoms with Gasteiger partial charge in [-0.3, -0.25) is 14.5 Å². The summed E-state index contributed by atoms with van der Waals surface area (Å²) >= 11 is 0. The minimum absolute atomic E-state index is 0.0390. The topological polar surface area (TPSA) is 55.9 Å². The molecule has 0 spiro atoms. The van der Waals surface area contributed by atoms with Gasteiger partial charge >= 0.3 is 0 Å². The molecule has 2 heterocycles. The number of amides is 2. The van der Waals surface area contributed by atoms with Crippen LogP contribution in [-0.2, 0) is 9.59 Å². The van der Waals surface area contributed by atoms with Crippen molar-refractivity contribution in [2.24, 2.45) is 5.92 Å². The lowest BCUT2D eigenvalue weighted by Gasteiger charge is -2.38. The maximum absolute atomic E-state index is 12.8. The number of carbonyl (C=O) groups is 2. The monoisotopic (exact) mass is 392 g/mol. The van der Waals surface area contributed by atoms with Crippen LogP contribution in [0.3, 0.4) is 0 Å². The Kier molecular flexibility index (Phi) is 8.59. The van der Waals surface area contributed by atoms with Crippen LogP contribution < -0.4 is 5.32 Å². The Balaban J connectivity index is 1.44. The maximum atomic E-state index is 12.8. The molecule has 1 atom stereocenters. The second kappa shape index (κ2) is 11.1. The predicted octanol–water partition coefficient (Wildman–Crippen LogP) is 2.09. The van der Waals surface area contributed by atoms with E-state index in [-0.39, 0.29) is 17.9 Å². The zero-order valence-electron chi connectivity index (χ0n) is 17.8. The molecule has 2 saturated heterocycles. The molecule has 28 heavy (non-hydrogen) atoms. The van der Waals surface area contributed by atoms with Crippen LogP contribution in [0, 0.1) is 5.92 Å². The third-order valence-corrected chi connectivity index (χ3v) is 6.87. The SMILES string of the molecule is CN(CCCN1CCCCC1)C(=O)CC1C(=O)NCCN1CC1CCCCC1. The lowest BCUT2D eigenvalue weighted by atomic mass is 9.88. The summed E-state index contributed by atoms with van der Waals surface area (Å²) in [6, 6.07) is -0.285. The predicted molar refractivity (Wildman–Crippen MR) is 112 cm³/mol. The summed E-state index contributed by atoms with van der Waals surface area (Å²) < 4.78 is 0. The molecule has 160 valence electrons. The van der Waals surface area contributed by atoms with Crippen LogP contribution >= 0.6 is 0 Å². The Morgan fingerprint density at radius 2 is 1.79 bits per heavy atom. The highest BCUT2D eigenvalue weighted by Gasteiger charge is 2.33. The van der Waals surface area contributed by atoms with Crippen LogP contribution in [0.15, 0.2) is 0 Å². The smallest absolute Gasteiger partial charge is 0.237 e. The number of carbonyl (C=O) groups excluding carboxylic acids is 2. The van der Waals surface area contributed by atoms with Crippen LogP contribution in [0.5, 0.6) is 0 Å². The summed E-state index contributed by atoms with van der Waals surface area (Å²) in [7, 11) is 1.89. The maximum Gasteiger partial charge on any atom is 0.237 e. The molecule has 6 nitrogen and oxygen atoms in total. The molecule has 1 N–H and O–H groups in total. The van der Waals surface area contributed by atoms with Crippen LogP contribution in [0.1, 0.15) is 64.2 Å². The van der Waals surface area contributed by atoms with Gasteiger partial charge in [0.2, 0.25) is 11.8 Å². The van der Waals surface area contributed by atoms with E-state index in [9.17, 15) is 9.59 Å². The van der Waals surface area contributed by atoms with Gasteiger partial charge in [-0.05, 0) is 57.7 Å². The van der Waals surface area contributed by atoms with Gasteiger partial charge in [-0.1, -0.05) is 25.7 Å². The minimum Gasteiger partial charge on any atom is -0.353 e. The first-order valence-corrected chi connectivity index (χ1v) is 11.6. The van der Waals surface area contributed by atoms with E-state index in [1.54, 1.807) is 0 Å². The van der Waals surface area contributed by atoms with Crippen molar-refractivity contribution in [3.05, 3.63) is 0 Å². The number of nitrogens with zero attached hydrogens (tertiary/aromatic N) is 3. The molecule has 6 heteroatoms. The van der Waals surface area contributed by atoms with Crippen molar-refractivity contribution in [3.63, 3.8) is 0 Å².